The van der Waals surface area contributed by atoms with Gasteiger partial charge in [0.2, 0.25) is 5.91 Å². The molecule has 168 valence electrons. The van der Waals surface area contributed by atoms with E-state index in [2.05, 4.69) is 19.2 Å². The van der Waals surface area contributed by atoms with Crippen molar-refractivity contribution in [2.75, 3.05) is 6.61 Å². The average Bonchev–Trinajstić information content (AvgIpc) is 2.72. The van der Waals surface area contributed by atoms with Crippen molar-refractivity contribution in [2.24, 2.45) is 0 Å². The van der Waals surface area contributed by atoms with Crippen molar-refractivity contribution in [1.82, 2.24) is 10.2 Å². The van der Waals surface area contributed by atoms with E-state index in [1.54, 1.807) is 12.1 Å². The summed E-state index contributed by atoms with van der Waals surface area (Å²) in [5.41, 5.74) is 1.76. The van der Waals surface area contributed by atoms with E-state index in [1.807, 2.05) is 45.0 Å². The maximum Gasteiger partial charge on any atom is 0.261 e. The summed E-state index contributed by atoms with van der Waals surface area (Å²) in [6, 6.07) is 12.9. The molecular formula is C25H33FN2O3. The predicted molar refractivity (Wildman–Crippen MR) is 120 cm³/mol. The number of nitrogens with one attached hydrogen (secondary N) is 1. The lowest BCUT2D eigenvalue weighted by Gasteiger charge is -2.31. The third-order valence-electron chi connectivity index (χ3n) is 4.98. The molecule has 0 aliphatic carbocycles. The summed E-state index contributed by atoms with van der Waals surface area (Å²) in [6.45, 7) is 9.76. The molecule has 1 atom stereocenters. The van der Waals surface area contributed by atoms with E-state index in [9.17, 15) is 14.0 Å². The molecule has 0 aliphatic rings. The largest absolute Gasteiger partial charge is 0.483 e. The summed E-state index contributed by atoms with van der Waals surface area (Å²) in [7, 11) is 0. The highest BCUT2D eigenvalue weighted by Gasteiger charge is 2.29. The number of carbonyl (C=O) groups excluding carboxylic acids is 2. The lowest BCUT2D eigenvalue weighted by atomic mass is 10.0. The lowest BCUT2D eigenvalue weighted by molar-refractivity contribution is -0.143. The van der Waals surface area contributed by atoms with Crippen LogP contribution in [-0.4, -0.2) is 35.4 Å². The highest BCUT2D eigenvalue weighted by atomic mass is 19.1. The maximum atomic E-state index is 13.3. The third kappa shape index (κ3) is 7.09. The Morgan fingerprint density at radius 2 is 1.68 bits per heavy atom. The van der Waals surface area contributed by atoms with Crippen molar-refractivity contribution >= 4 is 11.8 Å². The SMILES string of the molecule is CCC(C(=O)NC(C)C)N(Cc1ccc(F)cc1)C(=O)COc1ccccc1C(C)C. The first-order valence-corrected chi connectivity index (χ1v) is 10.8. The second-order valence-corrected chi connectivity index (χ2v) is 8.22. The van der Waals surface area contributed by atoms with Gasteiger partial charge in [-0.15, -0.1) is 0 Å². The van der Waals surface area contributed by atoms with Crippen LogP contribution in [0.4, 0.5) is 4.39 Å². The van der Waals surface area contributed by atoms with Gasteiger partial charge in [-0.1, -0.05) is 51.1 Å². The molecule has 31 heavy (non-hydrogen) atoms. The molecule has 0 saturated heterocycles. The van der Waals surface area contributed by atoms with Gasteiger partial charge >= 0.3 is 0 Å². The lowest BCUT2D eigenvalue weighted by Crippen LogP contribution is -2.51. The minimum atomic E-state index is -0.649. The van der Waals surface area contributed by atoms with E-state index in [0.29, 0.717) is 12.2 Å². The highest BCUT2D eigenvalue weighted by molar-refractivity contribution is 5.88. The Balaban J connectivity index is 2.24. The molecule has 5 nitrogen and oxygen atoms in total. The van der Waals surface area contributed by atoms with Crippen molar-refractivity contribution in [3.05, 3.63) is 65.5 Å². The van der Waals surface area contributed by atoms with Gasteiger partial charge < -0.3 is 15.0 Å². The van der Waals surface area contributed by atoms with E-state index < -0.39 is 6.04 Å². The third-order valence-corrected chi connectivity index (χ3v) is 4.98. The number of carbonyl (C=O) groups is 2. The first-order chi connectivity index (χ1) is 14.7. The second kappa shape index (κ2) is 11.5. The maximum absolute atomic E-state index is 13.3. The number of hydrogen-bond acceptors (Lipinski definition) is 3. The molecule has 2 rings (SSSR count). The van der Waals surface area contributed by atoms with Crippen LogP contribution in [0, 0.1) is 5.82 Å². The number of amides is 2. The quantitative estimate of drug-likeness (QED) is 0.599. The second-order valence-electron chi connectivity index (χ2n) is 8.22. The molecule has 0 aliphatic heterocycles. The van der Waals surface area contributed by atoms with Gasteiger partial charge in [0.25, 0.3) is 5.91 Å². The van der Waals surface area contributed by atoms with Gasteiger partial charge in [-0.25, -0.2) is 4.39 Å². The Kier molecular flexibility index (Phi) is 9.03. The van der Waals surface area contributed by atoms with Crippen LogP contribution < -0.4 is 10.1 Å². The van der Waals surface area contributed by atoms with Crippen LogP contribution >= 0.6 is 0 Å². The van der Waals surface area contributed by atoms with Gasteiger partial charge in [0.1, 0.15) is 17.6 Å². The molecular weight excluding hydrogens is 395 g/mol. The van der Waals surface area contributed by atoms with E-state index in [-0.39, 0.29) is 42.7 Å². The smallest absolute Gasteiger partial charge is 0.261 e. The molecule has 0 spiro atoms. The summed E-state index contributed by atoms with van der Waals surface area (Å²) < 4.78 is 19.2. The average molecular weight is 429 g/mol. The van der Waals surface area contributed by atoms with Crippen LogP contribution in [0.1, 0.15) is 58.1 Å². The first kappa shape index (κ1) is 24.4. The molecule has 0 heterocycles. The summed E-state index contributed by atoms with van der Waals surface area (Å²) in [6.07, 6.45) is 0.452. The van der Waals surface area contributed by atoms with Crippen LogP contribution in [0.25, 0.3) is 0 Å². The summed E-state index contributed by atoms with van der Waals surface area (Å²) in [5, 5.41) is 2.89. The predicted octanol–water partition coefficient (Wildman–Crippen LogP) is 4.66. The number of halogens is 1. The number of benzene rings is 2. The van der Waals surface area contributed by atoms with Crippen LogP contribution in [0.15, 0.2) is 48.5 Å². The molecule has 0 aromatic heterocycles. The fourth-order valence-electron chi connectivity index (χ4n) is 3.40. The van der Waals surface area contributed by atoms with E-state index in [4.69, 9.17) is 4.74 Å². The molecule has 2 aromatic carbocycles. The van der Waals surface area contributed by atoms with E-state index in [0.717, 1.165) is 11.1 Å². The fourth-order valence-corrected chi connectivity index (χ4v) is 3.40. The number of nitrogens with zero attached hydrogens (tertiary/aromatic N) is 1. The number of para-hydroxylation sites is 1. The van der Waals surface area contributed by atoms with Crippen LogP contribution in [0.2, 0.25) is 0 Å². The fraction of sp³-hybridized carbons (Fsp3) is 0.440. The van der Waals surface area contributed by atoms with Gasteiger partial charge in [0, 0.05) is 12.6 Å². The van der Waals surface area contributed by atoms with Gasteiger partial charge in [-0.3, -0.25) is 9.59 Å². The highest BCUT2D eigenvalue weighted by Crippen LogP contribution is 2.26. The standard InChI is InChI=1S/C25H33FN2O3/c1-6-22(25(30)27-18(4)5)28(15-19-11-13-20(26)14-12-19)24(29)16-31-23-10-8-7-9-21(23)17(2)3/h7-14,17-18,22H,6,15-16H2,1-5H3,(H,27,30). The van der Waals surface area contributed by atoms with E-state index in [1.165, 1.54) is 17.0 Å². The zero-order valence-corrected chi connectivity index (χ0v) is 19.0. The molecule has 0 radical (unpaired) electrons. The monoisotopic (exact) mass is 428 g/mol. The Labute approximate surface area is 184 Å². The molecule has 0 bridgehead atoms. The van der Waals surface area contributed by atoms with Crippen LogP contribution in [-0.2, 0) is 16.1 Å². The summed E-state index contributed by atoms with van der Waals surface area (Å²) >= 11 is 0. The molecule has 2 amide bonds. The van der Waals surface area contributed by atoms with Gasteiger partial charge in [-0.2, -0.15) is 0 Å². The Morgan fingerprint density at radius 1 is 1.03 bits per heavy atom. The molecule has 0 fully saturated rings. The number of ether oxygens (including phenoxy) is 1. The van der Waals surface area contributed by atoms with Crippen molar-refractivity contribution in [3.8, 4) is 5.75 Å². The van der Waals surface area contributed by atoms with Crippen LogP contribution in [0.3, 0.4) is 0 Å². The Hall–Kier alpha value is -2.89. The zero-order chi connectivity index (χ0) is 23.0. The molecule has 2 aromatic rings. The molecule has 1 unspecified atom stereocenters. The Morgan fingerprint density at radius 3 is 2.26 bits per heavy atom. The molecule has 1 N–H and O–H groups in total. The van der Waals surface area contributed by atoms with Gasteiger partial charge in [-0.05, 0) is 55.5 Å². The van der Waals surface area contributed by atoms with Gasteiger partial charge in [0.15, 0.2) is 6.61 Å². The van der Waals surface area contributed by atoms with E-state index >= 15 is 0 Å². The van der Waals surface area contributed by atoms with Crippen molar-refractivity contribution in [3.63, 3.8) is 0 Å². The van der Waals surface area contributed by atoms with Crippen LogP contribution in [0.5, 0.6) is 5.75 Å². The minimum Gasteiger partial charge on any atom is -0.483 e. The minimum absolute atomic E-state index is 0.0431. The molecule has 0 saturated carbocycles. The van der Waals surface area contributed by atoms with Crippen molar-refractivity contribution in [1.29, 1.82) is 0 Å². The zero-order valence-electron chi connectivity index (χ0n) is 19.0. The topological polar surface area (TPSA) is 58.6 Å². The number of hydrogen-bond donors (Lipinski definition) is 1. The van der Waals surface area contributed by atoms with Crippen molar-refractivity contribution in [2.45, 2.75) is 65.6 Å². The molecule has 6 heteroatoms. The number of rotatable bonds is 10. The first-order valence-electron chi connectivity index (χ1n) is 10.8. The van der Waals surface area contributed by atoms with Gasteiger partial charge in [0.05, 0.1) is 0 Å². The summed E-state index contributed by atoms with van der Waals surface area (Å²) in [4.78, 5) is 27.5. The van der Waals surface area contributed by atoms with Crippen molar-refractivity contribution < 1.29 is 18.7 Å². The normalized spacial score (nSPS) is 12.0. The summed E-state index contributed by atoms with van der Waals surface area (Å²) in [5.74, 6) is 0.0538. The Bertz CT molecular complexity index is 865.